The van der Waals surface area contributed by atoms with Crippen LogP contribution >= 0.6 is 11.3 Å². The SMILES string of the molecule is c1ccc(-c2cnc(Nc3ccc(CCCN4CCCCC4)cn3)s2)cc1. The normalized spacial score (nSPS) is 15.0. The lowest BCUT2D eigenvalue weighted by Crippen LogP contribution is -2.30. The van der Waals surface area contributed by atoms with Crippen LogP contribution < -0.4 is 5.32 Å². The maximum atomic E-state index is 4.56. The van der Waals surface area contributed by atoms with Crippen molar-refractivity contribution < 1.29 is 0 Å². The summed E-state index contributed by atoms with van der Waals surface area (Å²) in [4.78, 5) is 12.8. The van der Waals surface area contributed by atoms with Crippen molar-refractivity contribution in [2.24, 2.45) is 0 Å². The molecule has 0 spiro atoms. The average Bonchev–Trinajstić information content (AvgIpc) is 3.19. The number of hydrogen-bond acceptors (Lipinski definition) is 5. The molecule has 1 aromatic carbocycles. The smallest absolute Gasteiger partial charge is 0.188 e. The summed E-state index contributed by atoms with van der Waals surface area (Å²) < 4.78 is 0. The van der Waals surface area contributed by atoms with Gasteiger partial charge in [-0.05, 0) is 62.5 Å². The molecule has 0 atom stereocenters. The fraction of sp³-hybridized carbons (Fsp3) is 0.364. The second-order valence-corrected chi connectivity index (χ2v) is 8.11. The maximum Gasteiger partial charge on any atom is 0.188 e. The van der Waals surface area contributed by atoms with Crippen LogP contribution in [0.25, 0.3) is 10.4 Å². The summed E-state index contributed by atoms with van der Waals surface area (Å²) >= 11 is 1.65. The fourth-order valence-electron chi connectivity index (χ4n) is 3.51. The van der Waals surface area contributed by atoms with Gasteiger partial charge in [-0.1, -0.05) is 54.2 Å². The predicted octanol–water partition coefficient (Wildman–Crippen LogP) is 5.37. The van der Waals surface area contributed by atoms with E-state index in [4.69, 9.17) is 0 Å². The van der Waals surface area contributed by atoms with E-state index in [2.05, 4.69) is 44.5 Å². The van der Waals surface area contributed by atoms with Crippen LogP contribution in [0.3, 0.4) is 0 Å². The third kappa shape index (κ3) is 5.15. The molecule has 1 fully saturated rings. The third-order valence-corrected chi connectivity index (χ3v) is 5.97. The van der Waals surface area contributed by atoms with Crippen LogP contribution in [0, 0.1) is 0 Å². The highest BCUT2D eigenvalue weighted by Gasteiger charge is 2.09. The van der Waals surface area contributed by atoms with Gasteiger partial charge in [0.2, 0.25) is 0 Å². The molecule has 0 saturated carbocycles. The monoisotopic (exact) mass is 378 g/mol. The lowest BCUT2D eigenvalue weighted by Gasteiger charge is -2.26. The molecule has 27 heavy (non-hydrogen) atoms. The molecule has 4 nitrogen and oxygen atoms in total. The highest BCUT2D eigenvalue weighted by atomic mass is 32.1. The van der Waals surface area contributed by atoms with E-state index in [0.717, 1.165) is 22.2 Å². The van der Waals surface area contributed by atoms with Crippen LogP contribution in [0.2, 0.25) is 0 Å². The maximum absolute atomic E-state index is 4.56. The summed E-state index contributed by atoms with van der Waals surface area (Å²) in [5, 5.41) is 4.19. The van der Waals surface area contributed by atoms with E-state index in [1.165, 1.54) is 56.4 Å². The zero-order valence-corrected chi connectivity index (χ0v) is 16.4. The Morgan fingerprint density at radius 2 is 1.78 bits per heavy atom. The van der Waals surface area contributed by atoms with Gasteiger partial charge in [0, 0.05) is 12.4 Å². The van der Waals surface area contributed by atoms with Gasteiger partial charge in [0.15, 0.2) is 5.13 Å². The number of piperidine rings is 1. The molecule has 2 aromatic heterocycles. The highest BCUT2D eigenvalue weighted by molar-refractivity contribution is 7.18. The Balaban J connectivity index is 1.28. The van der Waals surface area contributed by atoms with E-state index in [-0.39, 0.29) is 0 Å². The molecule has 1 aliphatic heterocycles. The molecule has 0 aliphatic carbocycles. The van der Waals surface area contributed by atoms with Crippen molar-refractivity contribution in [3.63, 3.8) is 0 Å². The molecule has 140 valence electrons. The number of thiazole rings is 1. The average molecular weight is 379 g/mol. The number of aryl methyl sites for hydroxylation is 1. The topological polar surface area (TPSA) is 41.1 Å². The molecule has 0 unspecified atom stereocenters. The van der Waals surface area contributed by atoms with Gasteiger partial charge in [-0.2, -0.15) is 0 Å². The van der Waals surface area contributed by atoms with E-state index in [9.17, 15) is 0 Å². The van der Waals surface area contributed by atoms with Crippen molar-refractivity contribution in [3.05, 3.63) is 60.4 Å². The molecule has 1 saturated heterocycles. The van der Waals surface area contributed by atoms with E-state index >= 15 is 0 Å². The number of rotatable bonds is 7. The molecule has 1 aliphatic rings. The second kappa shape index (κ2) is 9.11. The standard InChI is InChI=1S/C22H26N4S/c1-3-9-19(10-4-1)20-17-24-22(27-20)25-21-12-11-18(16-23-21)8-7-15-26-13-5-2-6-14-26/h1,3-4,9-12,16-17H,2,5-8,13-15H2,(H,23,24,25). The number of nitrogens with zero attached hydrogens (tertiary/aromatic N) is 3. The van der Waals surface area contributed by atoms with Crippen LogP contribution in [0.5, 0.6) is 0 Å². The molecule has 3 aromatic rings. The Labute approximate surface area is 165 Å². The number of anilines is 2. The second-order valence-electron chi connectivity index (χ2n) is 7.08. The molecule has 3 heterocycles. The molecular weight excluding hydrogens is 352 g/mol. The lowest BCUT2D eigenvalue weighted by atomic mass is 10.1. The molecular formula is C22H26N4S. The Bertz CT molecular complexity index is 823. The Hall–Kier alpha value is -2.24. The van der Waals surface area contributed by atoms with Gasteiger partial charge in [0.25, 0.3) is 0 Å². The summed E-state index contributed by atoms with van der Waals surface area (Å²) in [6.07, 6.45) is 10.3. The molecule has 0 bridgehead atoms. The minimum atomic E-state index is 0.851. The van der Waals surface area contributed by atoms with Gasteiger partial charge in [0.1, 0.15) is 5.82 Å². The van der Waals surface area contributed by atoms with Crippen molar-refractivity contribution in [1.82, 2.24) is 14.9 Å². The first-order valence-corrected chi connectivity index (χ1v) is 10.6. The summed E-state index contributed by atoms with van der Waals surface area (Å²) in [6, 6.07) is 14.6. The van der Waals surface area contributed by atoms with E-state index in [0.29, 0.717) is 0 Å². The van der Waals surface area contributed by atoms with Gasteiger partial charge in [-0.3, -0.25) is 0 Å². The summed E-state index contributed by atoms with van der Waals surface area (Å²) in [6.45, 7) is 3.77. The minimum absolute atomic E-state index is 0.851. The van der Waals surface area contributed by atoms with Crippen molar-refractivity contribution in [1.29, 1.82) is 0 Å². The number of hydrogen-bond donors (Lipinski definition) is 1. The highest BCUT2D eigenvalue weighted by Crippen LogP contribution is 2.30. The van der Waals surface area contributed by atoms with Gasteiger partial charge in [-0.25, -0.2) is 9.97 Å². The number of likely N-dealkylation sites (tertiary alicyclic amines) is 1. The zero-order chi connectivity index (χ0) is 18.3. The molecule has 0 amide bonds. The minimum Gasteiger partial charge on any atom is -0.316 e. The molecule has 4 rings (SSSR count). The summed E-state index contributed by atoms with van der Waals surface area (Å²) in [5.74, 6) is 0.851. The van der Waals surface area contributed by atoms with Crippen molar-refractivity contribution in [3.8, 4) is 10.4 Å². The number of nitrogens with one attached hydrogen (secondary N) is 1. The third-order valence-electron chi connectivity index (χ3n) is 5.01. The van der Waals surface area contributed by atoms with Crippen molar-refractivity contribution in [2.45, 2.75) is 32.1 Å². The van der Waals surface area contributed by atoms with Crippen molar-refractivity contribution >= 4 is 22.3 Å². The van der Waals surface area contributed by atoms with Crippen LogP contribution in [-0.2, 0) is 6.42 Å². The number of pyridine rings is 1. The predicted molar refractivity (Wildman–Crippen MR) is 114 cm³/mol. The Morgan fingerprint density at radius 3 is 2.56 bits per heavy atom. The number of benzene rings is 1. The van der Waals surface area contributed by atoms with Crippen LogP contribution in [0.15, 0.2) is 54.9 Å². The van der Waals surface area contributed by atoms with Gasteiger partial charge < -0.3 is 10.2 Å². The zero-order valence-electron chi connectivity index (χ0n) is 15.6. The Morgan fingerprint density at radius 1 is 0.926 bits per heavy atom. The summed E-state index contributed by atoms with van der Waals surface area (Å²) in [7, 11) is 0. The first-order valence-electron chi connectivity index (χ1n) is 9.82. The van der Waals surface area contributed by atoms with Gasteiger partial charge in [0.05, 0.1) is 4.88 Å². The molecule has 1 N–H and O–H groups in total. The van der Waals surface area contributed by atoms with E-state index in [1.807, 2.05) is 30.6 Å². The fourth-order valence-corrected chi connectivity index (χ4v) is 4.34. The van der Waals surface area contributed by atoms with Crippen molar-refractivity contribution in [2.75, 3.05) is 25.0 Å². The van der Waals surface area contributed by atoms with Crippen LogP contribution in [0.4, 0.5) is 10.9 Å². The summed E-state index contributed by atoms with van der Waals surface area (Å²) in [5.41, 5.74) is 2.50. The lowest BCUT2D eigenvalue weighted by molar-refractivity contribution is 0.226. The molecule has 5 heteroatoms. The van der Waals surface area contributed by atoms with Crippen LogP contribution in [-0.4, -0.2) is 34.5 Å². The first-order chi connectivity index (χ1) is 13.4. The largest absolute Gasteiger partial charge is 0.316 e. The Kier molecular flexibility index (Phi) is 6.12. The van der Waals surface area contributed by atoms with E-state index < -0.39 is 0 Å². The van der Waals surface area contributed by atoms with Gasteiger partial charge in [-0.15, -0.1) is 0 Å². The quantitative estimate of drug-likeness (QED) is 0.600. The van der Waals surface area contributed by atoms with Gasteiger partial charge >= 0.3 is 0 Å². The van der Waals surface area contributed by atoms with Crippen LogP contribution in [0.1, 0.15) is 31.2 Å². The van der Waals surface area contributed by atoms with E-state index in [1.54, 1.807) is 11.3 Å². The number of aromatic nitrogens is 2. The molecule has 0 radical (unpaired) electrons. The first kappa shape index (κ1) is 18.1.